The summed E-state index contributed by atoms with van der Waals surface area (Å²) in [6, 6.07) is 5.41. The van der Waals surface area contributed by atoms with Crippen molar-refractivity contribution < 1.29 is 0 Å². The molecule has 0 radical (unpaired) electrons. The van der Waals surface area contributed by atoms with Crippen LogP contribution >= 0.6 is 23.8 Å². The van der Waals surface area contributed by atoms with Crippen LogP contribution in [0.4, 0.5) is 5.69 Å². The fourth-order valence-electron chi connectivity index (χ4n) is 1.45. The van der Waals surface area contributed by atoms with Crippen LogP contribution < -0.4 is 11.1 Å². The molecule has 5 nitrogen and oxygen atoms in total. The maximum Gasteiger partial charge on any atom is 0.151 e. The molecule has 2 rings (SSSR count). The highest BCUT2D eigenvalue weighted by Crippen LogP contribution is 2.23. The molecule has 2 aromatic rings. The molecule has 7 heteroatoms. The van der Waals surface area contributed by atoms with Crippen LogP contribution in [-0.2, 0) is 13.6 Å². The maximum atomic E-state index is 6.13. The van der Waals surface area contributed by atoms with Crippen LogP contribution in [0, 0.1) is 0 Å². The molecular formula is C11H12ClN5S. The van der Waals surface area contributed by atoms with E-state index in [2.05, 4.69) is 15.5 Å². The maximum absolute atomic E-state index is 6.13. The Labute approximate surface area is 115 Å². The minimum Gasteiger partial charge on any atom is -0.389 e. The summed E-state index contributed by atoms with van der Waals surface area (Å²) in [5.74, 6) is 0.824. The van der Waals surface area contributed by atoms with Gasteiger partial charge in [-0.2, -0.15) is 0 Å². The number of nitrogens with two attached hydrogens (primary N) is 1. The van der Waals surface area contributed by atoms with Crippen LogP contribution in [0.3, 0.4) is 0 Å². The number of aryl methyl sites for hydroxylation is 1. The average Bonchev–Trinajstić information content (AvgIpc) is 2.73. The smallest absolute Gasteiger partial charge is 0.151 e. The first-order valence-electron chi connectivity index (χ1n) is 5.24. The first kappa shape index (κ1) is 12.8. The lowest BCUT2D eigenvalue weighted by atomic mass is 10.2. The molecule has 18 heavy (non-hydrogen) atoms. The fraction of sp³-hybridized carbons (Fsp3) is 0.182. The largest absolute Gasteiger partial charge is 0.389 e. The molecule has 3 N–H and O–H groups in total. The van der Waals surface area contributed by atoms with Gasteiger partial charge in [-0.25, -0.2) is 0 Å². The van der Waals surface area contributed by atoms with Gasteiger partial charge in [-0.15, -0.1) is 10.2 Å². The fourth-order valence-corrected chi connectivity index (χ4v) is 1.83. The van der Waals surface area contributed by atoms with E-state index in [1.165, 1.54) is 0 Å². The number of benzene rings is 1. The van der Waals surface area contributed by atoms with Gasteiger partial charge in [0.25, 0.3) is 0 Å². The topological polar surface area (TPSA) is 68.8 Å². The van der Waals surface area contributed by atoms with Gasteiger partial charge in [-0.1, -0.05) is 23.8 Å². The zero-order chi connectivity index (χ0) is 13.1. The molecule has 1 aromatic heterocycles. The van der Waals surface area contributed by atoms with E-state index >= 15 is 0 Å². The second-order valence-electron chi connectivity index (χ2n) is 3.77. The number of halogens is 1. The van der Waals surface area contributed by atoms with E-state index in [9.17, 15) is 0 Å². The molecular weight excluding hydrogens is 270 g/mol. The van der Waals surface area contributed by atoms with Crippen LogP contribution in [0.5, 0.6) is 0 Å². The molecule has 0 spiro atoms. The van der Waals surface area contributed by atoms with E-state index in [1.807, 2.05) is 23.7 Å². The third-order valence-electron chi connectivity index (χ3n) is 2.50. The van der Waals surface area contributed by atoms with Gasteiger partial charge in [0.1, 0.15) is 11.3 Å². The average molecular weight is 282 g/mol. The SMILES string of the molecule is Cn1cnnc1CNc1ccc(C(N)=S)cc1Cl. The highest BCUT2D eigenvalue weighted by atomic mass is 35.5. The van der Waals surface area contributed by atoms with Gasteiger partial charge in [0, 0.05) is 12.6 Å². The lowest BCUT2D eigenvalue weighted by molar-refractivity contribution is 0.812. The molecule has 0 aliphatic rings. The number of nitrogens with one attached hydrogen (secondary N) is 1. The molecule has 0 bridgehead atoms. The van der Waals surface area contributed by atoms with Crippen molar-refractivity contribution >= 4 is 34.5 Å². The standard InChI is InChI=1S/C11H12ClN5S/c1-17-6-15-16-10(17)5-14-9-3-2-7(11(13)18)4-8(9)12/h2-4,6,14H,5H2,1H3,(H2,13,18). The second-order valence-corrected chi connectivity index (χ2v) is 4.62. The summed E-state index contributed by atoms with van der Waals surface area (Å²) < 4.78 is 1.84. The van der Waals surface area contributed by atoms with E-state index in [0.29, 0.717) is 16.6 Å². The Morgan fingerprint density at radius 2 is 2.33 bits per heavy atom. The normalized spacial score (nSPS) is 10.3. The summed E-state index contributed by atoms with van der Waals surface area (Å²) >= 11 is 11.0. The molecule has 0 amide bonds. The predicted octanol–water partition coefficient (Wildman–Crippen LogP) is 1.71. The van der Waals surface area contributed by atoms with Crippen molar-refractivity contribution in [1.82, 2.24) is 14.8 Å². The Morgan fingerprint density at radius 3 is 2.89 bits per heavy atom. The summed E-state index contributed by atoms with van der Waals surface area (Å²) in [4.78, 5) is 0.330. The Kier molecular flexibility index (Phi) is 3.78. The van der Waals surface area contributed by atoms with Gasteiger partial charge in [0.2, 0.25) is 0 Å². The first-order valence-corrected chi connectivity index (χ1v) is 6.02. The van der Waals surface area contributed by atoms with Crippen molar-refractivity contribution in [3.05, 3.63) is 40.9 Å². The minimum atomic E-state index is 0.330. The molecule has 0 aliphatic heterocycles. The molecule has 1 heterocycles. The Balaban J connectivity index is 2.11. The van der Waals surface area contributed by atoms with Crippen LogP contribution in [0.1, 0.15) is 11.4 Å². The van der Waals surface area contributed by atoms with Crippen molar-refractivity contribution in [2.24, 2.45) is 12.8 Å². The zero-order valence-corrected chi connectivity index (χ0v) is 11.3. The highest BCUT2D eigenvalue weighted by Gasteiger charge is 2.05. The number of anilines is 1. The van der Waals surface area contributed by atoms with Crippen LogP contribution in [-0.4, -0.2) is 19.8 Å². The van der Waals surface area contributed by atoms with Crippen molar-refractivity contribution in [2.45, 2.75) is 6.54 Å². The van der Waals surface area contributed by atoms with Crippen LogP contribution in [0.25, 0.3) is 0 Å². The van der Waals surface area contributed by atoms with E-state index < -0.39 is 0 Å². The van der Waals surface area contributed by atoms with Gasteiger partial charge in [0.15, 0.2) is 5.82 Å². The number of aromatic nitrogens is 3. The van der Waals surface area contributed by atoms with Gasteiger partial charge < -0.3 is 15.6 Å². The molecule has 0 fully saturated rings. The number of rotatable bonds is 4. The molecule has 0 aliphatic carbocycles. The van der Waals surface area contributed by atoms with Crippen molar-refractivity contribution in [2.75, 3.05) is 5.32 Å². The van der Waals surface area contributed by atoms with Gasteiger partial charge in [-0.3, -0.25) is 0 Å². The summed E-state index contributed by atoms with van der Waals surface area (Å²) in [5.41, 5.74) is 7.09. The Hall–Kier alpha value is -1.66. The second kappa shape index (κ2) is 5.32. The highest BCUT2D eigenvalue weighted by molar-refractivity contribution is 7.80. The predicted molar refractivity (Wildman–Crippen MR) is 75.7 cm³/mol. The number of hydrogen-bond acceptors (Lipinski definition) is 4. The van der Waals surface area contributed by atoms with E-state index in [0.717, 1.165) is 17.1 Å². The van der Waals surface area contributed by atoms with Gasteiger partial charge >= 0.3 is 0 Å². The molecule has 1 aromatic carbocycles. The van der Waals surface area contributed by atoms with Crippen molar-refractivity contribution in [3.8, 4) is 0 Å². The monoisotopic (exact) mass is 281 g/mol. The van der Waals surface area contributed by atoms with E-state index in [4.69, 9.17) is 29.6 Å². The third kappa shape index (κ3) is 2.77. The quantitative estimate of drug-likeness (QED) is 0.835. The molecule has 0 unspecified atom stereocenters. The Bertz CT molecular complexity index is 581. The molecule has 0 saturated heterocycles. The number of nitrogens with zero attached hydrogens (tertiary/aromatic N) is 3. The lowest BCUT2D eigenvalue weighted by Gasteiger charge is -2.09. The van der Waals surface area contributed by atoms with Gasteiger partial charge in [0.05, 0.1) is 17.3 Å². The Morgan fingerprint density at radius 1 is 1.56 bits per heavy atom. The van der Waals surface area contributed by atoms with Crippen molar-refractivity contribution in [1.29, 1.82) is 0 Å². The lowest BCUT2D eigenvalue weighted by Crippen LogP contribution is -2.10. The summed E-state index contributed by atoms with van der Waals surface area (Å²) in [7, 11) is 1.88. The summed E-state index contributed by atoms with van der Waals surface area (Å²) in [6.07, 6.45) is 1.65. The summed E-state index contributed by atoms with van der Waals surface area (Å²) in [6.45, 7) is 0.544. The van der Waals surface area contributed by atoms with E-state index in [-0.39, 0.29) is 0 Å². The summed E-state index contributed by atoms with van der Waals surface area (Å²) in [5, 5.41) is 11.5. The third-order valence-corrected chi connectivity index (χ3v) is 3.04. The van der Waals surface area contributed by atoms with E-state index in [1.54, 1.807) is 12.4 Å². The van der Waals surface area contributed by atoms with Crippen LogP contribution in [0.15, 0.2) is 24.5 Å². The minimum absolute atomic E-state index is 0.330. The number of thiocarbonyl (C=S) groups is 1. The van der Waals surface area contributed by atoms with Crippen LogP contribution in [0.2, 0.25) is 5.02 Å². The molecule has 0 atom stereocenters. The van der Waals surface area contributed by atoms with Gasteiger partial charge in [-0.05, 0) is 18.2 Å². The van der Waals surface area contributed by atoms with Crippen molar-refractivity contribution in [3.63, 3.8) is 0 Å². The zero-order valence-electron chi connectivity index (χ0n) is 9.72. The first-order chi connectivity index (χ1) is 8.58. The molecule has 0 saturated carbocycles. The molecule has 94 valence electrons. The number of hydrogen-bond donors (Lipinski definition) is 2.